The highest BCUT2D eigenvalue weighted by atomic mass is 16.5. The van der Waals surface area contributed by atoms with E-state index in [9.17, 15) is 5.11 Å². The van der Waals surface area contributed by atoms with Gasteiger partial charge in [-0.3, -0.25) is 0 Å². The van der Waals surface area contributed by atoms with E-state index in [-0.39, 0.29) is 5.75 Å². The van der Waals surface area contributed by atoms with Crippen LogP contribution < -0.4 is 4.74 Å². The van der Waals surface area contributed by atoms with Gasteiger partial charge in [0, 0.05) is 0 Å². The van der Waals surface area contributed by atoms with Crippen molar-refractivity contribution in [1.82, 2.24) is 10.1 Å². The molecule has 0 saturated heterocycles. The van der Waals surface area contributed by atoms with Gasteiger partial charge >= 0.3 is 0 Å². The van der Waals surface area contributed by atoms with Gasteiger partial charge in [0.05, 0.1) is 12.0 Å². The molecule has 0 aliphatic rings. The fourth-order valence-electron chi connectivity index (χ4n) is 2.79. The van der Waals surface area contributed by atoms with Crippen molar-refractivity contribution < 1.29 is 14.4 Å². The van der Waals surface area contributed by atoms with Crippen molar-refractivity contribution in [3.05, 3.63) is 95.9 Å². The van der Waals surface area contributed by atoms with Gasteiger partial charge in [0.2, 0.25) is 11.7 Å². The van der Waals surface area contributed by atoms with Crippen molar-refractivity contribution in [2.75, 3.05) is 0 Å². The summed E-state index contributed by atoms with van der Waals surface area (Å²) in [6.45, 7) is 0.464. The third-order valence-corrected chi connectivity index (χ3v) is 4.10. The summed E-state index contributed by atoms with van der Waals surface area (Å²) in [7, 11) is 0. The summed E-state index contributed by atoms with van der Waals surface area (Å²) in [6.07, 6.45) is 0.453. The number of nitrogens with zero attached hydrogens (tertiary/aromatic N) is 2. The van der Waals surface area contributed by atoms with Crippen molar-refractivity contribution in [2.45, 2.75) is 13.0 Å². The second kappa shape index (κ2) is 7.74. The third kappa shape index (κ3) is 4.15. The summed E-state index contributed by atoms with van der Waals surface area (Å²) in [5.41, 5.74) is 2.77. The first-order valence-electron chi connectivity index (χ1n) is 8.64. The van der Waals surface area contributed by atoms with Crippen LogP contribution in [0.15, 0.2) is 83.4 Å². The van der Waals surface area contributed by atoms with Crippen LogP contribution in [0.2, 0.25) is 0 Å². The Morgan fingerprint density at radius 2 is 1.63 bits per heavy atom. The van der Waals surface area contributed by atoms with Crippen molar-refractivity contribution in [2.24, 2.45) is 0 Å². The summed E-state index contributed by atoms with van der Waals surface area (Å²) < 4.78 is 11.3. The number of rotatable bonds is 6. The number of para-hydroxylation sites is 1. The number of benzene rings is 3. The van der Waals surface area contributed by atoms with Gasteiger partial charge in [-0.15, -0.1) is 0 Å². The molecule has 0 bridgehead atoms. The first-order valence-corrected chi connectivity index (χ1v) is 8.64. The number of hydrogen-bond donors (Lipinski definition) is 1. The molecule has 1 heterocycles. The summed E-state index contributed by atoms with van der Waals surface area (Å²) >= 11 is 0. The van der Waals surface area contributed by atoms with Crippen molar-refractivity contribution in [3.63, 3.8) is 0 Å². The van der Waals surface area contributed by atoms with E-state index in [1.807, 2.05) is 60.7 Å². The van der Waals surface area contributed by atoms with E-state index in [1.54, 1.807) is 18.2 Å². The van der Waals surface area contributed by atoms with Crippen molar-refractivity contribution >= 4 is 0 Å². The van der Waals surface area contributed by atoms with Gasteiger partial charge in [0.25, 0.3) is 0 Å². The van der Waals surface area contributed by atoms with Gasteiger partial charge in [-0.05, 0) is 35.4 Å². The molecule has 27 heavy (non-hydrogen) atoms. The molecule has 4 aromatic rings. The molecule has 0 aliphatic heterocycles. The van der Waals surface area contributed by atoms with Crippen LogP contribution >= 0.6 is 0 Å². The van der Waals surface area contributed by atoms with E-state index in [4.69, 9.17) is 9.26 Å². The Morgan fingerprint density at radius 1 is 0.852 bits per heavy atom. The number of aromatic nitrogens is 2. The molecule has 134 valence electrons. The maximum absolute atomic E-state index is 9.58. The summed E-state index contributed by atoms with van der Waals surface area (Å²) in [5.74, 6) is 1.88. The quantitative estimate of drug-likeness (QED) is 0.545. The summed E-state index contributed by atoms with van der Waals surface area (Å²) in [5, 5.41) is 13.7. The Labute approximate surface area is 156 Å². The molecule has 3 aromatic carbocycles. The van der Waals surface area contributed by atoms with E-state index < -0.39 is 0 Å². The fraction of sp³-hybridized carbons (Fsp3) is 0.0909. The zero-order chi connectivity index (χ0) is 18.5. The first-order chi connectivity index (χ1) is 13.3. The number of phenolic OH excluding ortho intramolecular Hbond substituents is 1. The lowest BCUT2D eigenvalue weighted by atomic mass is 10.1. The predicted octanol–water partition coefficient (Wildman–Crippen LogP) is 4.61. The molecule has 0 saturated carbocycles. The van der Waals surface area contributed by atoms with Gasteiger partial charge in [0.15, 0.2) is 0 Å². The monoisotopic (exact) mass is 358 g/mol. The SMILES string of the molecule is Oc1cccc(Cc2nc(-c3ccccc3OCc3ccccc3)no2)c1. The first kappa shape index (κ1) is 16.8. The largest absolute Gasteiger partial charge is 0.508 e. The highest BCUT2D eigenvalue weighted by molar-refractivity contribution is 5.63. The van der Waals surface area contributed by atoms with E-state index in [2.05, 4.69) is 10.1 Å². The van der Waals surface area contributed by atoms with Gasteiger partial charge in [-0.2, -0.15) is 4.98 Å². The zero-order valence-corrected chi connectivity index (χ0v) is 14.6. The highest BCUT2D eigenvalue weighted by Crippen LogP contribution is 2.28. The molecule has 4 rings (SSSR count). The molecule has 0 unspecified atom stereocenters. The van der Waals surface area contributed by atoms with Crippen molar-refractivity contribution in [3.8, 4) is 22.9 Å². The molecule has 1 aromatic heterocycles. The number of hydrogen-bond acceptors (Lipinski definition) is 5. The minimum atomic E-state index is 0.215. The van der Waals surface area contributed by atoms with E-state index in [0.29, 0.717) is 30.5 Å². The van der Waals surface area contributed by atoms with Crippen LogP contribution in [-0.4, -0.2) is 15.2 Å². The smallest absolute Gasteiger partial charge is 0.231 e. The third-order valence-electron chi connectivity index (χ3n) is 4.10. The molecule has 0 spiro atoms. The topological polar surface area (TPSA) is 68.4 Å². The van der Waals surface area contributed by atoms with E-state index in [0.717, 1.165) is 16.7 Å². The number of aromatic hydroxyl groups is 1. The van der Waals surface area contributed by atoms with E-state index in [1.165, 1.54) is 0 Å². The van der Waals surface area contributed by atoms with Gasteiger partial charge < -0.3 is 14.4 Å². The lowest BCUT2D eigenvalue weighted by molar-refractivity contribution is 0.307. The highest BCUT2D eigenvalue weighted by Gasteiger charge is 2.14. The Hall–Kier alpha value is -3.60. The van der Waals surface area contributed by atoms with Crippen LogP contribution in [0.1, 0.15) is 17.0 Å². The van der Waals surface area contributed by atoms with Crippen molar-refractivity contribution in [1.29, 1.82) is 0 Å². The molecule has 0 amide bonds. The summed E-state index contributed by atoms with van der Waals surface area (Å²) in [6, 6.07) is 24.6. The van der Waals surface area contributed by atoms with Crippen LogP contribution in [-0.2, 0) is 13.0 Å². The average molecular weight is 358 g/mol. The Morgan fingerprint density at radius 3 is 2.48 bits per heavy atom. The molecule has 0 atom stereocenters. The maximum atomic E-state index is 9.58. The standard InChI is InChI=1S/C22H18N2O3/c25-18-10-6-9-17(13-18)14-21-23-22(24-27-21)19-11-4-5-12-20(19)26-15-16-7-2-1-3-8-16/h1-13,25H,14-15H2. The molecule has 0 radical (unpaired) electrons. The predicted molar refractivity (Wildman–Crippen MR) is 101 cm³/mol. The average Bonchev–Trinajstić information content (AvgIpc) is 3.16. The van der Waals surface area contributed by atoms with Crippen LogP contribution in [0.4, 0.5) is 0 Å². The fourth-order valence-corrected chi connectivity index (χ4v) is 2.79. The number of ether oxygens (including phenoxy) is 1. The van der Waals surface area contributed by atoms with Crippen LogP contribution in [0.25, 0.3) is 11.4 Å². The Balaban J connectivity index is 1.53. The van der Waals surface area contributed by atoms with Crippen LogP contribution in [0, 0.1) is 0 Å². The Bertz CT molecular complexity index is 1030. The van der Waals surface area contributed by atoms with Crippen LogP contribution in [0.3, 0.4) is 0 Å². The van der Waals surface area contributed by atoms with E-state index >= 15 is 0 Å². The lowest BCUT2D eigenvalue weighted by Crippen LogP contribution is -1.97. The second-order valence-corrected chi connectivity index (χ2v) is 6.13. The number of phenols is 1. The second-order valence-electron chi connectivity index (χ2n) is 6.13. The minimum absolute atomic E-state index is 0.215. The lowest BCUT2D eigenvalue weighted by Gasteiger charge is -2.09. The molecular weight excluding hydrogens is 340 g/mol. The van der Waals surface area contributed by atoms with Gasteiger partial charge in [-0.25, -0.2) is 0 Å². The molecular formula is C22H18N2O3. The molecule has 0 fully saturated rings. The normalized spacial score (nSPS) is 10.7. The zero-order valence-electron chi connectivity index (χ0n) is 14.6. The van der Waals surface area contributed by atoms with Crippen LogP contribution in [0.5, 0.6) is 11.5 Å². The maximum Gasteiger partial charge on any atom is 0.231 e. The molecule has 5 nitrogen and oxygen atoms in total. The minimum Gasteiger partial charge on any atom is -0.508 e. The Kier molecular flexibility index (Phi) is 4.83. The molecule has 0 aliphatic carbocycles. The summed E-state index contributed by atoms with van der Waals surface area (Å²) in [4.78, 5) is 4.48. The molecule has 5 heteroatoms. The molecule has 1 N–H and O–H groups in total. The van der Waals surface area contributed by atoms with Gasteiger partial charge in [0.1, 0.15) is 18.1 Å². The van der Waals surface area contributed by atoms with Gasteiger partial charge in [-0.1, -0.05) is 59.8 Å².